The molecule has 0 radical (unpaired) electrons. The first kappa shape index (κ1) is 18.4. The van der Waals surface area contributed by atoms with E-state index in [1.807, 2.05) is 37.3 Å². The van der Waals surface area contributed by atoms with Crippen molar-refractivity contribution in [3.63, 3.8) is 0 Å². The van der Waals surface area contributed by atoms with Crippen LogP contribution in [-0.4, -0.2) is 35.3 Å². The molecule has 1 saturated carbocycles. The lowest BCUT2D eigenvalue weighted by atomic mass is 9.86. The minimum absolute atomic E-state index is 0.127. The Labute approximate surface area is 154 Å². The molecule has 0 aromatic heterocycles. The number of hydrogen-bond donors (Lipinski definition) is 2. The van der Waals surface area contributed by atoms with Crippen LogP contribution in [0.15, 0.2) is 30.3 Å². The molecule has 1 aromatic carbocycles. The van der Waals surface area contributed by atoms with Gasteiger partial charge in [0.15, 0.2) is 0 Å². The van der Waals surface area contributed by atoms with E-state index in [9.17, 15) is 14.4 Å². The molecule has 2 N–H and O–H groups in total. The Morgan fingerprint density at radius 3 is 2.58 bits per heavy atom. The number of benzene rings is 1. The number of urea groups is 1. The van der Waals surface area contributed by atoms with Gasteiger partial charge in [-0.3, -0.25) is 14.5 Å². The molecule has 1 aliphatic heterocycles. The van der Waals surface area contributed by atoms with E-state index in [-0.39, 0.29) is 24.4 Å². The van der Waals surface area contributed by atoms with Gasteiger partial charge in [0, 0.05) is 6.04 Å². The lowest BCUT2D eigenvalue weighted by Crippen LogP contribution is -2.48. The lowest BCUT2D eigenvalue weighted by molar-refractivity contribution is -0.135. The van der Waals surface area contributed by atoms with Crippen molar-refractivity contribution in [2.24, 2.45) is 5.92 Å². The molecular weight excluding hydrogens is 330 g/mol. The third-order valence-corrected chi connectivity index (χ3v) is 5.73. The molecular formula is C20H27N3O3. The van der Waals surface area contributed by atoms with Crippen LogP contribution in [0.4, 0.5) is 4.79 Å². The lowest BCUT2D eigenvalue weighted by Gasteiger charge is -2.30. The van der Waals surface area contributed by atoms with Crippen molar-refractivity contribution in [3.05, 3.63) is 35.9 Å². The van der Waals surface area contributed by atoms with Gasteiger partial charge in [0.25, 0.3) is 5.91 Å². The van der Waals surface area contributed by atoms with Crippen LogP contribution in [0.5, 0.6) is 0 Å². The SMILES string of the molecule is CC[C@@]1(c2ccccc2)NC(=O)N(CC(=O)N[C@H]2CCCC[C@@H]2C)C1=O. The zero-order valence-corrected chi connectivity index (χ0v) is 15.5. The Morgan fingerprint density at radius 1 is 1.23 bits per heavy atom. The number of rotatable bonds is 5. The topological polar surface area (TPSA) is 78.5 Å². The molecule has 26 heavy (non-hydrogen) atoms. The van der Waals surface area contributed by atoms with E-state index >= 15 is 0 Å². The summed E-state index contributed by atoms with van der Waals surface area (Å²) in [7, 11) is 0. The van der Waals surface area contributed by atoms with Crippen molar-refractivity contribution in [1.82, 2.24) is 15.5 Å². The largest absolute Gasteiger partial charge is 0.352 e. The van der Waals surface area contributed by atoms with Crippen LogP contribution in [0.2, 0.25) is 0 Å². The standard InChI is InChI=1S/C20H27N3O3/c1-3-20(15-10-5-4-6-11-15)18(25)23(19(26)22-20)13-17(24)21-16-12-8-7-9-14(16)2/h4-6,10-11,14,16H,3,7-9,12-13H2,1-2H3,(H,21,24)(H,22,26)/t14-,16-,20-/m0/s1. The molecule has 6 heteroatoms. The van der Waals surface area contributed by atoms with Crippen LogP contribution in [0, 0.1) is 5.92 Å². The molecule has 4 amide bonds. The fourth-order valence-corrected chi connectivity index (χ4v) is 4.06. The van der Waals surface area contributed by atoms with Gasteiger partial charge < -0.3 is 10.6 Å². The minimum atomic E-state index is -1.09. The molecule has 1 heterocycles. The minimum Gasteiger partial charge on any atom is -0.352 e. The summed E-state index contributed by atoms with van der Waals surface area (Å²) in [5, 5.41) is 5.82. The number of nitrogens with zero attached hydrogens (tertiary/aromatic N) is 1. The van der Waals surface area contributed by atoms with Gasteiger partial charge >= 0.3 is 6.03 Å². The predicted molar refractivity (Wildman–Crippen MR) is 98.2 cm³/mol. The van der Waals surface area contributed by atoms with Gasteiger partial charge in [0.1, 0.15) is 12.1 Å². The Kier molecular flexibility index (Phi) is 5.30. The molecule has 0 bridgehead atoms. The van der Waals surface area contributed by atoms with Crippen LogP contribution in [0.3, 0.4) is 0 Å². The molecule has 3 rings (SSSR count). The van der Waals surface area contributed by atoms with E-state index in [0.29, 0.717) is 12.3 Å². The van der Waals surface area contributed by atoms with Gasteiger partial charge in [0.2, 0.25) is 5.91 Å². The quantitative estimate of drug-likeness (QED) is 0.795. The number of hydrogen-bond acceptors (Lipinski definition) is 3. The third-order valence-electron chi connectivity index (χ3n) is 5.73. The maximum atomic E-state index is 13.0. The van der Waals surface area contributed by atoms with Crippen molar-refractivity contribution in [2.45, 2.75) is 57.5 Å². The molecule has 1 saturated heterocycles. The highest BCUT2D eigenvalue weighted by molar-refractivity contribution is 6.09. The van der Waals surface area contributed by atoms with Crippen molar-refractivity contribution >= 4 is 17.8 Å². The average molecular weight is 357 g/mol. The maximum absolute atomic E-state index is 13.0. The van der Waals surface area contributed by atoms with Gasteiger partial charge in [-0.2, -0.15) is 0 Å². The fourth-order valence-electron chi connectivity index (χ4n) is 4.06. The van der Waals surface area contributed by atoms with Crippen molar-refractivity contribution in [1.29, 1.82) is 0 Å². The highest BCUT2D eigenvalue weighted by Gasteiger charge is 2.51. The Morgan fingerprint density at radius 2 is 1.92 bits per heavy atom. The summed E-state index contributed by atoms with van der Waals surface area (Å²) in [6, 6.07) is 8.82. The highest BCUT2D eigenvalue weighted by atomic mass is 16.2. The fraction of sp³-hybridized carbons (Fsp3) is 0.550. The van der Waals surface area contributed by atoms with E-state index in [2.05, 4.69) is 17.6 Å². The zero-order chi connectivity index (χ0) is 18.7. The number of carbonyl (C=O) groups is 3. The average Bonchev–Trinajstić information content (AvgIpc) is 2.89. The van der Waals surface area contributed by atoms with Gasteiger partial charge in [-0.25, -0.2) is 4.79 Å². The van der Waals surface area contributed by atoms with Crippen molar-refractivity contribution < 1.29 is 14.4 Å². The number of imide groups is 1. The van der Waals surface area contributed by atoms with Gasteiger partial charge in [0.05, 0.1) is 0 Å². The summed E-state index contributed by atoms with van der Waals surface area (Å²) in [6.45, 7) is 3.76. The third kappa shape index (κ3) is 3.32. The van der Waals surface area contributed by atoms with Crippen molar-refractivity contribution in [3.8, 4) is 0 Å². The van der Waals surface area contributed by atoms with Crippen molar-refractivity contribution in [2.75, 3.05) is 6.54 Å². The second-order valence-corrected chi connectivity index (χ2v) is 7.38. The molecule has 3 atom stereocenters. The highest BCUT2D eigenvalue weighted by Crippen LogP contribution is 2.32. The first-order chi connectivity index (χ1) is 12.5. The van der Waals surface area contributed by atoms with E-state index < -0.39 is 11.6 Å². The summed E-state index contributed by atoms with van der Waals surface area (Å²) in [5.41, 5.74) is -0.346. The summed E-state index contributed by atoms with van der Waals surface area (Å²) in [5.74, 6) is -0.204. The first-order valence-corrected chi connectivity index (χ1v) is 9.47. The summed E-state index contributed by atoms with van der Waals surface area (Å²) in [6.07, 6.45) is 4.78. The summed E-state index contributed by atoms with van der Waals surface area (Å²) < 4.78 is 0. The monoisotopic (exact) mass is 357 g/mol. The first-order valence-electron chi connectivity index (χ1n) is 9.47. The van der Waals surface area contributed by atoms with Crippen LogP contribution in [0.1, 0.15) is 51.5 Å². The smallest absolute Gasteiger partial charge is 0.325 e. The van der Waals surface area contributed by atoms with Crippen LogP contribution >= 0.6 is 0 Å². The molecule has 0 unspecified atom stereocenters. The van der Waals surface area contributed by atoms with Crippen LogP contribution in [-0.2, 0) is 15.1 Å². The molecule has 1 aliphatic carbocycles. The molecule has 1 aromatic rings. The normalized spacial score (nSPS) is 28.8. The van der Waals surface area contributed by atoms with Gasteiger partial charge in [-0.15, -0.1) is 0 Å². The Hall–Kier alpha value is -2.37. The zero-order valence-electron chi connectivity index (χ0n) is 15.5. The maximum Gasteiger partial charge on any atom is 0.325 e. The van der Waals surface area contributed by atoms with Crippen LogP contribution < -0.4 is 10.6 Å². The molecule has 6 nitrogen and oxygen atoms in total. The van der Waals surface area contributed by atoms with E-state index in [0.717, 1.165) is 29.7 Å². The second-order valence-electron chi connectivity index (χ2n) is 7.38. The molecule has 2 aliphatic rings. The summed E-state index contributed by atoms with van der Waals surface area (Å²) >= 11 is 0. The second kappa shape index (κ2) is 7.48. The Balaban J connectivity index is 1.71. The van der Waals surface area contributed by atoms with E-state index in [1.54, 1.807) is 0 Å². The number of amides is 4. The van der Waals surface area contributed by atoms with Gasteiger partial charge in [-0.05, 0) is 30.7 Å². The van der Waals surface area contributed by atoms with Gasteiger partial charge in [-0.1, -0.05) is 57.0 Å². The number of nitrogens with one attached hydrogen (secondary N) is 2. The number of carbonyl (C=O) groups excluding carboxylic acids is 3. The molecule has 140 valence electrons. The molecule has 2 fully saturated rings. The van der Waals surface area contributed by atoms with Crippen LogP contribution in [0.25, 0.3) is 0 Å². The van der Waals surface area contributed by atoms with E-state index in [4.69, 9.17) is 0 Å². The predicted octanol–water partition coefficient (Wildman–Crippen LogP) is 2.54. The molecule has 0 spiro atoms. The Bertz CT molecular complexity index is 691. The van der Waals surface area contributed by atoms with E-state index in [1.165, 1.54) is 6.42 Å². The summed E-state index contributed by atoms with van der Waals surface area (Å²) in [4.78, 5) is 39.0.